The van der Waals surface area contributed by atoms with Gasteiger partial charge in [-0.25, -0.2) is 4.79 Å². The van der Waals surface area contributed by atoms with Gasteiger partial charge in [0.05, 0.1) is 5.56 Å². The van der Waals surface area contributed by atoms with Crippen LogP contribution >= 0.6 is 0 Å². The van der Waals surface area contributed by atoms with Crippen molar-refractivity contribution in [3.8, 4) is 0 Å². The average molecular weight is 344 g/mol. The monoisotopic (exact) mass is 344 g/mol. The fourth-order valence-corrected chi connectivity index (χ4v) is 4.00. The fraction of sp³-hybridized carbons (Fsp3) is 0.600. The molecule has 2 fully saturated rings. The largest absolute Gasteiger partial charge is 0.478 e. The average Bonchev–Trinajstić information content (AvgIpc) is 2.87. The van der Waals surface area contributed by atoms with Gasteiger partial charge in [-0.15, -0.1) is 0 Å². The number of carbonyl (C=O) groups excluding carboxylic acids is 1. The Hall–Kier alpha value is -1.88. The summed E-state index contributed by atoms with van der Waals surface area (Å²) in [6.07, 6.45) is 5.39. The molecule has 1 aromatic carbocycles. The lowest BCUT2D eigenvalue weighted by Gasteiger charge is -2.28. The van der Waals surface area contributed by atoms with Crippen LogP contribution in [0.25, 0.3) is 0 Å². The Morgan fingerprint density at radius 2 is 2.00 bits per heavy atom. The summed E-state index contributed by atoms with van der Waals surface area (Å²) in [5.41, 5.74) is 1.22. The molecule has 2 aliphatic rings. The lowest BCUT2D eigenvalue weighted by atomic mass is 9.84. The van der Waals surface area contributed by atoms with Crippen molar-refractivity contribution in [1.82, 2.24) is 10.2 Å². The van der Waals surface area contributed by atoms with Crippen molar-refractivity contribution >= 4 is 11.9 Å². The Kier molecular flexibility index (Phi) is 5.74. The molecule has 136 valence electrons. The Labute approximate surface area is 149 Å². The molecule has 5 heteroatoms. The highest BCUT2D eigenvalue weighted by atomic mass is 16.4. The molecule has 0 spiro atoms. The first-order chi connectivity index (χ1) is 12.1. The second-order valence-corrected chi connectivity index (χ2v) is 7.45. The Morgan fingerprint density at radius 3 is 2.64 bits per heavy atom. The summed E-state index contributed by atoms with van der Waals surface area (Å²) in [5, 5.41) is 12.6. The van der Waals surface area contributed by atoms with Gasteiger partial charge < -0.3 is 10.4 Å². The van der Waals surface area contributed by atoms with Crippen LogP contribution < -0.4 is 5.32 Å². The first-order valence-corrected chi connectivity index (χ1v) is 9.42. The van der Waals surface area contributed by atoms with Gasteiger partial charge in [0.15, 0.2) is 0 Å². The lowest BCUT2D eigenvalue weighted by molar-refractivity contribution is -0.128. The molecule has 1 aromatic rings. The summed E-state index contributed by atoms with van der Waals surface area (Å²) in [4.78, 5) is 26.0. The molecule has 1 amide bonds. The normalized spacial score (nSPS) is 24.0. The topological polar surface area (TPSA) is 69.6 Å². The number of benzene rings is 1. The third kappa shape index (κ3) is 4.21. The zero-order chi connectivity index (χ0) is 17.8. The van der Waals surface area contributed by atoms with Gasteiger partial charge in [-0.3, -0.25) is 9.69 Å². The van der Waals surface area contributed by atoms with Crippen molar-refractivity contribution in [2.24, 2.45) is 11.8 Å². The maximum Gasteiger partial charge on any atom is 0.336 e. The Bertz CT molecular complexity index is 627. The molecule has 1 saturated heterocycles. The predicted octanol–water partition coefficient (Wildman–Crippen LogP) is 2.90. The third-order valence-electron chi connectivity index (χ3n) is 5.62. The van der Waals surface area contributed by atoms with Crippen molar-refractivity contribution in [2.45, 2.75) is 51.6 Å². The van der Waals surface area contributed by atoms with Crippen LogP contribution in [0, 0.1) is 11.8 Å². The molecule has 25 heavy (non-hydrogen) atoms. The molecular formula is C20H28N2O3. The predicted molar refractivity (Wildman–Crippen MR) is 96.3 cm³/mol. The summed E-state index contributed by atoms with van der Waals surface area (Å²) in [6.45, 7) is 4.51. The van der Waals surface area contributed by atoms with Gasteiger partial charge in [-0.1, -0.05) is 38.0 Å². The van der Waals surface area contributed by atoms with Gasteiger partial charge in [-0.05, 0) is 36.8 Å². The first kappa shape index (κ1) is 17.9. The molecule has 3 rings (SSSR count). The second kappa shape index (κ2) is 8.00. The molecule has 2 N–H and O–H groups in total. The SMILES string of the molecule is CCC[C@@H]1CN(Cc2ccccc2C(=O)O)C[C@H]1NC(=O)C1CCC1. The van der Waals surface area contributed by atoms with E-state index in [9.17, 15) is 14.7 Å². The highest BCUT2D eigenvalue weighted by Gasteiger charge is 2.35. The van der Waals surface area contributed by atoms with E-state index in [1.54, 1.807) is 12.1 Å². The number of carboxylic acid groups (broad SMARTS) is 1. The summed E-state index contributed by atoms with van der Waals surface area (Å²) in [6, 6.07) is 7.38. The van der Waals surface area contributed by atoms with Gasteiger partial charge in [0.1, 0.15) is 0 Å². The van der Waals surface area contributed by atoms with Gasteiger partial charge >= 0.3 is 5.97 Å². The van der Waals surface area contributed by atoms with Gasteiger partial charge in [0.2, 0.25) is 5.91 Å². The van der Waals surface area contributed by atoms with E-state index in [2.05, 4.69) is 17.1 Å². The zero-order valence-electron chi connectivity index (χ0n) is 14.9. The number of amides is 1. The lowest BCUT2D eigenvalue weighted by Crippen LogP contribution is -2.45. The molecule has 0 radical (unpaired) electrons. The number of hydrogen-bond donors (Lipinski definition) is 2. The fourth-order valence-electron chi connectivity index (χ4n) is 4.00. The number of nitrogens with one attached hydrogen (secondary N) is 1. The third-order valence-corrected chi connectivity index (χ3v) is 5.62. The minimum Gasteiger partial charge on any atom is -0.478 e. The van der Waals surface area contributed by atoms with E-state index in [-0.39, 0.29) is 17.9 Å². The van der Waals surface area contributed by atoms with E-state index in [0.717, 1.165) is 44.3 Å². The van der Waals surface area contributed by atoms with Gasteiger partial charge in [-0.2, -0.15) is 0 Å². The molecule has 2 atom stereocenters. The number of carbonyl (C=O) groups is 2. The summed E-state index contributed by atoms with van der Waals surface area (Å²) >= 11 is 0. The van der Waals surface area contributed by atoms with E-state index in [0.29, 0.717) is 18.0 Å². The Balaban J connectivity index is 1.65. The smallest absolute Gasteiger partial charge is 0.336 e. The Morgan fingerprint density at radius 1 is 1.24 bits per heavy atom. The number of rotatable bonds is 7. The van der Waals surface area contributed by atoms with Crippen LogP contribution in [0.15, 0.2) is 24.3 Å². The maximum absolute atomic E-state index is 12.3. The van der Waals surface area contributed by atoms with E-state index >= 15 is 0 Å². The minimum atomic E-state index is -0.880. The molecule has 1 aliphatic heterocycles. The van der Waals surface area contributed by atoms with Crippen molar-refractivity contribution in [2.75, 3.05) is 13.1 Å². The molecule has 1 heterocycles. The molecule has 1 aliphatic carbocycles. The molecule has 5 nitrogen and oxygen atoms in total. The van der Waals surface area contributed by atoms with Crippen LogP contribution in [0.5, 0.6) is 0 Å². The van der Waals surface area contributed by atoms with E-state index in [1.807, 2.05) is 12.1 Å². The second-order valence-electron chi connectivity index (χ2n) is 7.45. The molecule has 0 bridgehead atoms. The van der Waals surface area contributed by atoms with Crippen LogP contribution in [0.3, 0.4) is 0 Å². The van der Waals surface area contributed by atoms with Crippen molar-refractivity contribution in [3.05, 3.63) is 35.4 Å². The van der Waals surface area contributed by atoms with Gasteiger partial charge in [0, 0.05) is 31.6 Å². The highest BCUT2D eigenvalue weighted by molar-refractivity contribution is 5.89. The molecule has 1 saturated carbocycles. The van der Waals surface area contributed by atoms with Gasteiger partial charge in [0.25, 0.3) is 0 Å². The summed E-state index contributed by atoms with van der Waals surface area (Å²) < 4.78 is 0. The van der Waals surface area contributed by atoms with Crippen LogP contribution in [0.2, 0.25) is 0 Å². The highest BCUT2D eigenvalue weighted by Crippen LogP contribution is 2.29. The van der Waals surface area contributed by atoms with E-state index in [1.165, 1.54) is 6.42 Å². The minimum absolute atomic E-state index is 0.185. The number of nitrogens with zero attached hydrogens (tertiary/aromatic N) is 1. The number of carboxylic acids is 1. The van der Waals surface area contributed by atoms with Crippen LogP contribution in [0.4, 0.5) is 0 Å². The maximum atomic E-state index is 12.3. The van der Waals surface area contributed by atoms with E-state index < -0.39 is 5.97 Å². The number of hydrogen-bond acceptors (Lipinski definition) is 3. The first-order valence-electron chi connectivity index (χ1n) is 9.42. The standard InChI is InChI=1S/C20H28N2O3/c1-2-6-16-12-22(11-15-7-3-4-10-17(15)20(24)25)13-18(16)21-19(23)14-8-5-9-14/h3-4,7,10,14,16,18H,2,5-6,8-9,11-13H2,1H3,(H,21,23)(H,24,25)/t16-,18-/m1/s1. The molecule has 0 aromatic heterocycles. The van der Waals surface area contributed by atoms with Crippen LogP contribution in [0.1, 0.15) is 54.9 Å². The summed E-state index contributed by atoms with van der Waals surface area (Å²) in [7, 11) is 0. The van der Waals surface area contributed by atoms with Crippen LogP contribution in [-0.2, 0) is 11.3 Å². The molecule has 0 unspecified atom stereocenters. The van der Waals surface area contributed by atoms with E-state index in [4.69, 9.17) is 0 Å². The summed E-state index contributed by atoms with van der Waals surface area (Å²) in [5.74, 6) is -0.00467. The van der Waals surface area contributed by atoms with Crippen molar-refractivity contribution in [3.63, 3.8) is 0 Å². The quantitative estimate of drug-likeness (QED) is 0.798. The van der Waals surface area contributed by atoms with Crippen molar-refractivity contribution < 1.29 is 14.7 Å². The zero-order valence-corrected chi connectivity index (χ0v) is 14.9. The number of likely N-dealkylation sites (tertiary alicyclic amines) is 1. The van der Waals surface area contributed by atoms with Crippen molar-refractivity contribution in [1.29, 1.82) is 0 Å². The van der Waals surface area contributed by atoms with Crippen LogP contribution in [-0.4, -0.2) is 41.0 Å². The molecular weight excluding hydrogens is 316 g/mol. The number of aromatic carboxylic acids is 1.